The van der Waals surface area contributed by atoms with Crippen LogP contribution in [0.3, 0.4) is 0 Å². The van der Waals surface area contributed by atoms with Gasteiger partial charge >= 0.3 is 0 Å². The van der Waals surface area contributed by atoms with Crippen LogP contribution in [0.5, 0.6) is 0 Å². The first kappa shape index (κ1) is 11.7. The van der Waals surface area contributed by atoms with E-state index in [-0.39, 0.29) is 0 Å². The number of nitrogens with one attached hydrogen (secondary N) is 1. The molecule has 2 heterocycles. The van der Waals surface area contributed by atoms with Gasteiger partial charge in [-0.1, -0.05) is 4.49 Å². The number of nitrogens with two attached hydrogens (primary N) is 1. The molecule has 0 aliphatic carbocycles. The Morgan fingerprint density at radius 1 is 1.56 bits per heavy atom. The molecular weight excluding hydrogens is 224 g/mol. The van der Waals surface area contributed by atoms with Gasteiger partial charge in [0.15, 0.2) is 0 Å². The lowest BCUT2D eigenvalue weighted by Gasteiger charge is -2.37. The van der Waals surface area contributed by atoms with Crippen LogP contribution >= 0.6 is 11.5 Å². The van der Waals surface area contributed by atoms with E-state index in [1.54, 1.807) is 0 Å². The number of hydrogen-bond donors (Lipinski definition) is 2. The quantitative estimate of drug-likeness (QED) is 0.572. The van der Waals surface area contributed by atoms with Gasteiger partial charge in [-0.15, -0.1) is 5.10 Å². The van der Waals surface area contributed by atoms with Gasteiger partial charge < -0.3 is 10.3 Å². The van der Waals surface area contributed by atoms with E-state index < -0.39 is 0 Å². The summed E-state index contributed by atoms with van der Waals surface area (Å²) in [5.74, 6) is 5.40. The van der Waals surface area contributed by atoms with E-state index in [1.807, 2.05) is 0 Å². The van der Waals surface area contributed by atoms with Crippen LogP contribution in [-0.2, 0) is 6.54 Å². The van der Waals surface area contributed by atoms with Crippen LogP contribution in [0.1, 0.15) is 12.6 Å². The van der Waals surface area contributed by atoms with Crippen molar-refractivity contribution in [3.8, 4) is 0 Å². The van der Waals surface area contributed by atoms with Crippen molar-refractivity contribution in [2.75, 3.05) is 32.1 Å². The lowest BCUT2D eigenvalue weighted by molar-refractivity contribution is 0.0992. The Kier molecular flexibility index (Phi) is 3.70. The van der Waals surface area contributed by atoms with E-state index >= 15 is 0 Å². The molecule has 0 saturated carbocycles. The monoisotopic (exact) mass is 242 g/mol. The maximum Gasteiger partial charge on any atom is 0.148 e. The van der Waals surface area contributed by atoms with Gasteiger partial charge in [-0.3, -0.25) is 4.90 Å². The number of piperazine rings is 1. The number of nitrogens with zero attached hydrogens (tertiary/aromatic N) is 4. The largest absolute Gasteiger partial charge is 0.313 e. The van der Waals surface area contributed by atoms with Gasteiger partial charge in [0, 0.05) is 43.8 Å². The van der Waals surface area contributed by atoms with Gasteiger partial charge in [-0.05, 0) is 14.0 Å². The van der Waals surface area contributed by atoms with Crippen molar-refractivity contribution in [2.24, 2.45) is 5.84 Å². The molecule has 3 N–H and O–H groups in total. The molecule has 16 heavy (non-hydrogen) atoms. The fourth-order valence-corrected chi connectivity index (χ4v) is 2.39. The smallest absolute Gasteiger partial charge is 0.148 e. The molecule has 90 valence electrons. The number of anilines is 1. The Bertz CT molecular complexity index is 340. The number of hydrazine groups is 1. The van der Waals surface area contributed by atoms with Gasteiger partial charge in [0.2, 0.25) is 0 Å². The molecule has 0 bridgehead atoms. The van der Waals surface area contributed by atoms with Crippen LogP contribution in [0.25, 0.3) is 0 Å². The van der Waals surface area contributed by atoms with Crippen molar-refractivity contribution in [1.29, 1.82) is 0 Å². The van der Waals surface area contributed by atoms with Crippen LogP contribution in [0.4, 0.5) is 5.00 Å². The molecule has 2 rings (SSSR count). The normalized spacial score (nSPS) is 23.6. The molecule has 1 aromatic heterocycles. The molecular formula is C9H18N6S. The minimum atomic E-state index is 0.592. The summed E-state index contributed by atoms with van der Waals surface area (Å²) in [4.78, 5) is 4.76. The second kappa shape index (κ2) is 5.05. The molecule has 1 unspecified atom stereocenters. The number of hydrogen-bond acceptors (Lipinski definition) is 7. The second-order valence-electron chi connectivity index (χ2n) is 4.26. The van der Waals surface area contributed by atoms with Crippen molar-refractivity contribution >= 4 is 16.5 Å². The molecule has 0 spiro atoms. The number of nitrogen functional groups attached to an aromatic ring is 1. The standard InChI is InChI=1S/C9H18N6S/c1-7-5-15(4-3-14(7)2)6-8-9(11-10)16-13-12-8/h7,11H,3-6,10H2,1-2H3. The highest BCUT2D eigenvalue weighted by molar-refractivity contribution is 7.10. The van der Waals surface area contributed by atoms with Crippen molar-refractivity contribution in [1.82, 2.24) is 19.4 Å². The first-order valence-electron chi connectivity index (χ1n) is 5.41. The van der Waals surface area contributed by atoms with Crippen LogP contribution < -0.4 is 11.3 Å². The van der Waals surface area contributed by atoms with Crippen molar-refractivity contribution in [3.05, 3.63) is 5.69 Å². The van der Waals surface area contributed by atoms with Gasteiger partial charge in [-0.2, -0.15) is 0 Å². The minimum Gasteiger partial charge on any atom is -0.313 e. The molecule has 7 heteroatoms. The summed E-state index contributed by atoms with van der Waals surface area (Å²) in [5.41, 5.74) is 3.59. The summed E-state index contributed by atoms with van der Waals surface area (Å²) < 4.78 is 3.90. The van der Waals surface area contributed by atoms with Crippen LogP contribution in [0.2, 0.25) is 0 Å². The highest BCUT2D eigenvalue weighted by atomic mass is 32.1. The molecule has 0 radical (unpaired) electrons. The summed E-state index contributed by atoms with van der Waals surface area (Å²) in [6, 6.07) is 0.592. The molecule has 6 nitrogen and oxygen atoms in total. The summed E-state index contributed by atoms with van der Waals surface area (Å²) in [6.07, 6.45) is 0. The fourth-order valence-electron chi connectivity index (χ4n) is 1.90. The number of likely N-dealkylation sites (N-methyl/N-ethyl adjacent to an activating group) is 1. The Morgan fingerprint density at radius 2 is 2.38 bits per heavy atom. The minimum absolute atomic E-state index is 0.592. The van der Waals surface area contributed by atoms with E-state index in [2.05, 4.69) is 38.8 Å². The van der Waals surface area contributed by atoms with E-state index in [4.69, 9.17) is 5.84 Å². The Hall–Kier alpha value is -0.760. The third kappa shape index (κ3) is 2.49. The fraction of sp³-hybridized carbons (Fsp3) is 0.778. The first-order chi connectivity index (χ1) is 7.70. The van der Waals surface area contributed by atoms with Crippen LogP contribution in [0.15, 0.2) is 0 Å². The maximum atomic E-state index is 5.40. The zero-order chi connectivity index (χ0) is 11.5. The molecule has 1 atom stereocenters. The molecule has 0 amide bonds. The first-order valence-corrected chi connectivity index (χ1v) is 6.18. The lowest BCUT2D eigenvalue weighted by atomic mass is 10.2. The average molecular weight is 242 g/mol. The maximum absolute atomic E-state index is 5.40. The van der Waals surface area contributed by atoms with Gasteiger partial charge in [0.1, 0.15) is 10.7 Å². The Balaban J connectivity index is 1.95. The highest BCUT2D eigenvalue weighted by Gasteiger charge is 2.22. The van der Waals surface area contributed by atoms with Gasteiger partial charge in [0.05, 0.1) is 0 Å². The second-order valence-corrected chi connectivity index (χ2v) is 5.01. The molecule has 1 aliphatic rings. The van der Waals surface area contributed by atoms with Crippen LogP contribution in [-0.4, -0.2) is 52.1 Å². The Morgan fingerprint density at radius 3 is 3.06 bits per heavy atom. The predicted octanol–water partition coefficient (Wildman–Crippen LogP) is -0.0404. The zero-order valence-electron chi connectivity index (χ0n) is 9.68. The van der Waals surface area contributed by atoms with E-state index in [0.29, 0.717) is 6.04 Å². The number of rotatable bonds is 3. The van der Waals surface area contributed by atoms with E-state index in [1.165, 1.54) is 11.5 Å². The molecule has 0 aromatic carbocycles. The molecule has 1 aliphatic heterocycles. The zero-order valence-corrected chi connectivity index (χ0v) is 10.5. The highest BCUT2D eigenvalue weighted by Crippen LogP contribution is 2.19. The summed E-state index contributed by atoms with van der Waals surface area (Å²) in [6.45, 7) is 6.31. The van der Waals surface area contributed by atoms with E-state index in [9.17, 15) is 0 Å². The lowest BCUT2D eigenvalue weighted by Crippen LogP contribution is -2.49. The van der Waals surface area contributed by atoms with Crippen molar-refractivity contribution in [2.45, 2.75) is 19.5 Å². The van der Waals surface area contributed by atoms with Gasteiger partial charge in [0.25, 0.3) is 0 Å². The topological polar surface area (TPSA) is 70.3 Å². The Labute approximate surface area is 99.5 Å². The predicted molar refractivity (Wildman–Crippen MR) is 65.1 cm³/mol. The summed E-state index contributed by atoms with van der Waals surface area (Å²) in [7, 11) is 2.17. The molecule has 1 saturated heterocycles. The molecule has 1 fully saturated rings. The third-order valence-corrected chi connectivity index (χ3v) is 3.80. The molecule has 1 aromatic rings. The summed E-state index contributed by atoms with van der Waals surface area (Å²) in [5, 5.41) is 4.96. The van der Waals surface area contributed by atoms with Crippen LogP contribution in [0, 0.1) is 0 Å². The number of aromatic nitrogens is 2. The SMILES string of the molecule is CC1CN(Cc2nnsc2NN)CCN1C. The van der Waals surface area contributed by atoms with Gasteiger partial charge in [-0.25, -0.2) is 5.84 Å². The third-order valence-electron chi connectivity index (χ3n) is 3.10. The van der Waals surface area contributed by atoms with Crippen molar-refractivity contribution in [3.63, 3.8) is 0 Å². The summed E-state index contributed by atoms with van der Waals surface area (Å²) >= 11 is 1.31. The van der Waals surface area contributed by atoms with E-state index in [0.717, 1.165) is 36.9 Å². The average Bonchev–Trinajstić information content (AvgIpc) is 2.71. The van der Waals surface area contributed by atoms with Crippen molar-refractivity contribution < 1.29 is 0 Å².